The van der Waals surface area contributed by atoms with E-state index in [1.165, 1.54) is 12.1 Å². The summed E-state index contributed by atoms with van der Waals surface area (Å²) in [5, 5.41) is 7.58. The van der Waals surface area contributed by atoms with Gasteiger partial charge in [-0.1, -0.05) is 12.1 Å². The summed E-state index contributed by atoms with van der Waals surface area (Å²) in [6, 6.07) is 6.30. The summed E-state index contributed by atoms with van der Waals surface area (Å²) in [4.78, 5) is 15.1. The van der Waals surface area contributed by atoms with E-state index in [2.05, 4.69) is 10.4 Å². The highest BCUT2D eigenvalue weighted by Gasteiger charge is 2.38. The number of nitrogens with zero attached hydrogens (tertiary/aromatic N) is 3. The predicted octanol–water partition coefficient (Wildman–Crippen LogP) is 2.47. The molecule has 6 heteroatoms. The highest BCUT2D eigenvalue weighted by molar-refractivity contribution is 5.81. The largest absolute Gasteiger partial charge is 0.336 e. The number of benzene rings is 1. The fourth-order valence-corrected chi connectivity index (χ4v) is 3.67. The summed E-state index contributed by atoms with van der Waals surface area (Å²) >= 11 is 0. The third-order valence-electron chi connectivity index (χ3n) is 5.13. The minimum absolute atomic E-state index is 0.0896. The molecule has 2 aromatic rings. The van der Waals surface area contributed by atoms with E-state index in [1.807, 2.05) is 38.2 Å². The molecule has 3 atom stereocenters. The molecule has 5 nitrogen and oxygen atoms in total. The Kier molecular flexibility index (Phi) is 5.18. The molecule has 0 bridgehead atoms. The minimum Gasteiger partial charge on any atom is -0.336 e. The average Bonchev–Trinajstić information content (AvgIpc) is 3.24. The van der Waals surface area contributed by atoms with Crippen molar-refractivity contribution in [2.75, 3.05) is 19.6 Å². The number of carbonyl (C=O) groups is 1. The van der Waals surface area contributed by atoms with Crippen molar-refractivity contribution in [2.24, 2.45) is 13.0 Å². The predicted molar refractivity (Wildman–Crippen MR) is 94.5 cm³/mol. The molecule has 1 aromatic carbocycles. The highest BCUT2D eigenvalue weighted by atomic mass is 19.1. The summed E-state index contributed by atoms with van der Waals surface area (Å²) in [5.41, 5.74) is 2.04. The molecular weight excluding hydrogens is 319 g/mol. The lowest BCUT2D eigenvalue weighted by Crippen LogP contribution is -2.40. The Balaban J connectivity index is 1.80. The lowest BCUT2D eigenvalue weighted by atomic mass is 9.89. The molecule has 3 rings (SSSR count). The maximum absolute atomic E-state index is 13.2. The van der Waals surface area contributed by atoms with Crippen LogP contribution in [0.5, 0.6) is 0 Å². The van der Waals surface area contributed by atoms with Gasteiger partial charge in [0.25, 0.3) is 0 Å². The van der Waals surface area contributed by atoms with Crippen LogP contribution in [0.3, 0.4) is 0 Å². The lowest BCUT2D eigenvalue weighted by molar-refractivity contribution is -0.137. The summed E-state index contributed by atoms with van der Waals surface area (Å²) in [7, 11) is 1.89. The Morgan fingerprint density at radius 3 is 2.72 bits per heavy atom. The van der Waals surface area contributed by atoms with E-state index in [-0.39, 0.29) is 29.6 Å². The van der Waals surface area contributed by atoms with E-state index in [0.29, 0.717) is 13.1 Å². The van der Waals surface area contributed by atoms with Crippen LogP contribution in [0.4, 0.5) is 4.39 Å². The van der Waals surface area contributed by atoms with Gasteiger partial charge in [0.1, 0.15) is 5.82 Å². The maximum atomic E-state index is 13.2. The quantitative estimate of drug-likeness (QED) is 0.907. The third-order valence-corrected chi connectivity index (χ3v) is 5.13. The molecule has 0 spiro atoms. The van der Waals surface area contributed by atoms with Crippen molar-refractivity contribution in [2.45, 2.75) is 25.8 Å². The first kappa shape index (κ1) is 17.6. The monoisotopic (exact) mass is 344 g/mol. The number of aryl methyl sites for hydroxylation is 1. The number of nitrogens with one attached hydrogen (secondary N) is 1. The first-order valence-corrected chi connectivity index (χ1v) is 8.76. The average molecular weight is 344 g/mol. The Morgan fingerprint density at radius 1 is 1.40 bits per heavy atom. The van der Waals surface area contributed by atoms with E-state index < -0.39 is 0 Å². The van der Waals surface area contributed by atoms with Crippen LogP contribution < -0.4 is 5.32 Å². The molecular formula is C19H25FN4O. The second kappa shape index (κ2) is 7.35. The number of hydrogen-bond acceptors (Lipinski definition) is 3. The van der Waals surface area contributed by atoms with Crippen LogP contribution in [0, 0.1) is 11.7 Å². The van der Waals surface area contributed by atoms with Crippen LogP contribution in [0.15, 0.2) is 36.7 Å². The van der Waals surface area contributed by atoms with Crippen molar-refractivity contribution in [3.63, 3.8) is 0 Å². The molecule has 1 aliphatic heterocycles. The van der Waals surface area contributed by atoms with E-state index in [0.717, 1.165) is 17.7 Å². The van der Waals surface area contributed by atoms with Crippen molar-refractivity contribution in [1.29, 1.82) is 0 Å². The van der Waals surface area contributed by atoms with E-state index >= 15 is 0 Å². The van der Waals surface area contributed by atoms with Crippen molar-refractivity contribution < 1.29 is 9.18 Å². The van der Waals surface area contributed by atoms with Gasteiger partial charge in [-0.25, -0.2) is 4.39 Å². The molecule has 1 amide bonds. The van der Waals surface area contributed by atoms with Crippen molar-refractivity contribution in [3.05, 3.63) is 53.6 Å². The Labute approximate surface area is 147 Å². The van der Waals surface area contributed by atoms with Crippen LogP contribution in [0.1, 0.15) is 36.9 Å². The number of halogens is 1. The van der Waals surface area contributed by atoms with Gasteiger partial charge in [-0.2, -0.15) is 5.10 Å². The molecule has 1 N–H and O–H groups in total. The number of hydrogen-bond donors (Lipinski definition) is 1. The molecule has 0 radical (unpaired) electrons. The number of rotatable bonds is 5. The first-order chi connectivity index (χ1) is 12.0. The van der Waals surface area contributed by atoms with Gasteiger partial charge in [0.15, 0.2) is 0 Å². The highest BCUT2D eigenvalue weighted by Crippen LogP contribution is 2.32. The molecule has 1 saturated heterocycles. The second-order valence-corrected chi connectivity index (χ2v) is 6.67. The van der Waals surface area contributed by atoms with Crippen molar-refractivity contribution in [1.82, 2.24) is 20.0 Å². The van der Waals surface area contributed by atoms with Crippen molar-refractivity contribution in [3.8, 4) is 0 Å². The number of carbonyl (C=O) groups excluding carboxylic acids is 1. The molecule has 134 valence electrons. The molecule has 1 aromatic heterocycles. The topological polar surface area (TPSA) is 50.2 Å². The Morgan fingerprint density at radius 2 is 2.12 bits per heavy atom. The minimum atomic E-state index is -0.262. The molecule has 2 heterocycles. The van der Waals surface area contributed by atoms with Crippen LogP contribution >= 0.6 is 0 Å². The summed E-state index contributed by atoms with van der Waals surface area (Å²) in [6.07, 6.45) is 3.83. The van der Waals surface area contributed by atoms with Crippen LogP contribution in [0.2, 0.25) is 0 Å². The molecule has 1 aliphatic rings. The molecule has 0 aliphatic carbocycles. The second-order valence-electron chi connectivity index (χ2n) is 6.67. The maximum Gasteiger partial charge on any atom is 0.228 e. The Hall–Kier alpha value is -2.21. The molecule has 0 saturated carbocycles. The van der Waals surface area contributed by atoms with Gasteiger partial charge in [-0.05, 0) is 37.1 Å². The summed E-state index contributed by atoms with van der Waals surface area (Å²) in [5.74, 6) is -0.0946. The zero-order chi connectivity index (χ0) is 18.0. The van der Waals surface area contributed by atoms with E-state index in [1.54, 1.807) is 16.8 Å². The SMILES string of the molecule is CCN(C(=O)[C@H]1CNC[C@@H]1c1cnn(C)c1)C(C)c1ccc(F)cc1. The van der Waals surface area contributed by atoms with Gasteiger partial charge in [-0.3, -0.25) is 9.48 Å². The van der Waals surface area contributed by atoms with Crippen LogP contribution in [0.25, 0.3) is 0 Å². The van der Waals surface area contributed by atoms with Gasteiger partial charge in [0, 0.05) is 38.8 Å². The smallest absolute Gasteiger partial charge is 0.228 e. The fourth-order valence-electron chi connectivity index (χ4n) is 3.67. The molecule has 25 heavy (non-hydrogen) atoms. The van der Waals surface area contributed by atoms with Gasteiger partial charge in [0.05, 0.1) is 18.2 Å². The van der Waals surface area contributed by atoms with Gasteiger partial charge >= 0.3 is 0 Å². The molecule has 1 fully saturated rings. The fraction of sp³-hybridized carbons (Fsp3) is 0.474. The van der Waals surface area contributed by atoms with Gasteiger partial charge < -0.3 is 10.2 Å². The van der Waals surface area contributed by atoms with Crippen LogP contribution in [-0.2, 0) is 11.8 Å². The number of amides is 1. The normalized spacial score (nSPS) is 21.3. The Bertz CT molecular complexity index is 727. The van der Waals surface area contributed by atoms with Crippen LogP contribution in [-0.4, -0.2) is 40.2 Å². The van der Waals surface area contributed by atoms with E-state index in [4.69, 9.17) is 0 Å². The summed E-state index contributed by atoms with van der Waals surface area (Å²) in [6.45, 7) is 6.05. The van der Waals surface area contributed by atoms with Crippen molar-refractivity contribution >= 4 is 5.91 Å². The van der Waals surface area contributed by atoms with Gasteiger partial charge in [0.2, 0.25) is 5.91 Å². The lowest BCUT2D eigenvalue weighted by Gasteiger charge is -2.32. The zero-order valence-electron chi connectivity index (χ0n) is 14.9. The van der Waals surface area contributed by atoms with Gasteiger partial charge in [-0.15, -0.1) is 0 Å². The molecule has 1 unspecified atom stereocenters. The summed E-state index contributed by atoms with van der Waals surface area (Å²) < 4.78 is 15.0. The third kappa shape index (κ3) is 3.58. The standard InChI is InChI=1S/C19H25FN4O/c1-4-24(13(2)14-5-7-16(20)8-6-14)19(25)18-11-21-10-17(18)15-9-22-23(3)12-15/h5-9,12-13,17-18,21H,4,10-11H2,1-3H3/t13?,17-,18+/m1/s1. The zero-order valence-corrected chi connectivity index (χ0v) is 14.9. The number of aromatic nitrogens is 2. The van der Waals surface area contributed by atoms with E-state index in [9.17, 15) is 9.18 Å². The first-order valence-electron chi connectivity index (χ1n) is 8.76.